The van der Waals surface area contributed by atoms with Crippen LogP contribution in [0, 0.1) is 20.8 Å². The molecule has 6 heteroatoms. The Morgan fingerprint density at radius 3 is 2.34 bits per heavy atom. The summed E-state index contributed by atoms with van der Waals surface area (Å²) in [6.45, 7) is 9.62. The second kappa shape index (κ2) is 9.39. The number of carbonyl (C=O) groups excluding carboxylic acids is 1. The zero-order valence-corrected chi connectivity index (χ0v) is 19.0. The fourth-order valence-electron chi connectivity index (χ4n) is 4.12. The molecule has 0 unspecified atom stereocenters. The van der Waals surface area contributed by atoms with E-state index >= 15 is 0 Å². The number of hydrogen-bond donors (Lipinski definition) is 0. The highest BCUT2D eigenvalue weighted by atomic mass is 16.2. The molecule has 0 radical (unpaired) electrons. The third-order valence-corrected chi connectivity index (χ3v) is 6.30. The summed E-state index contributed by atoms with van der Waals surface area (Å²) in [6, 6.07) is 17.7. The van der Waals surface area contributed by atoms with Crippen LogP contribution >= 0.6 is 0 Å². The van der Waals surface area contributed by atoms with E-state index in [9.17, 15) is 9.59 Å². The van der Waals surface area contributed by atoms with Crippen LogP contribution < -0.4 is 10.5 Å². The maximum Gasteiger partial charge on any atom is 0.266 e. The van der Waals surface area contributed by atoms with Crippen molar-refractivity contribution in [3.05, 3.63) is 81.6 Å². The van der Waals surface area contributed by atoms with Gasteiger partial charge in [0.15, 0.2) is 0 Å². The summed E-state index contributed by atoms with van der Waals surface area (Å²) in [5, 5.41) is 4.48. The molecule has 2 aromatic carbocycles. The molecule has 1 saturated heterocycles. The minimum absolute atomic E-state index is 0.0695. The van der Waals surface area contributed by atoms with Crippen molar-refractivity contribution in [3.63, 3.8) is 0 Å². The average molecular weight is 431 g/mol. The van der Waals surface area contributed by atoms with Gasteiger partial charge in [0.1, 0.15) is 0 Å². The van der Waals surface area contributed by atoms with Crippen molar-refractivity contribution in [2.75, 3.05) is 31.1 Å². The topological polar surface area (TPSA) is 58.4 Å². The summed E-state index contributed by atoms with van der Waals surface area (Å²) < 4.78 is 1.40. The minimum Gasteiger partial charge on any atom is -0.368 e. The molecule has 32 heavy (non-hydrogen) atoms. The molecule has 3 aromatic rings. The number of rotatable bonds is 5. The standard InChI is InChI=1S/C26H30N4O2/c1-19-7-9-22(10-8-19)23-11-12-26(32)30(27-23)14-13-25(31)29-17-15-28(16-18-29)24-6-4-5-20(2)21(24)3/h4-12H,13-18H2,1-3H3. The third-order valence-electron chi connectivity index (χ3n) is 6.30. The number of nitrogens with zero attached hydrogens (tertiary/aromatic N) is 4. The van der Waals surface area contributed by atoms with E-state index in [1.807, 2.05) is 36.1 Å². The van der Waals surface area contributed by atoms with Gasteiger partial charge in [0.05, 0.1) is 12.2 Å². The van der Waals surface area contributed by atoms with Crippen LogP contribution in [0.25, 0.3) is 11.3 Å². The van der Waals surface area contributed by atoms with E-state index in [4.69, 9.17) is 0 Å². The van der Waals surface area contributed by atoms with Crippen LogP contribution in [-0.4, -0.2) is 46.8 Å². The number of carbonyl (C=O) groups is 1. The van der Waals surface area contributed by atoms with Crippen molar-refractivity contribution in [2.45, 2.75) is 33.7 Å². The van der Waals surface area contributed by atoms with Gasteiger partial charge in [-0.15, -0.1) is 0 Å². The fraction of sp³-hybridized carbons (Fsp3) is 0.346. The molecule has 1 fully saturated rings. The number of benzene rings is 2. The molecule has 0 aliphatic carbocycles. The van der Waals surface area contributed by atoms with Gasteiger partial charge in [0.2, 0.25) is 5.91 Å². The predicted molar refractivity (Wildman–Crippen MR) is 128 cm³/mol. The highest BCUT2D eigenvalue weighted by Gasteiger charge is 2.22. The van der Waals surface area contributed by atoms with Crippen molar-refractivity contribution in [1.82, 2.24) is 14.7 Å². The number of amides is 1. The second-order valence-electron chi connectivity index (χ2n) is 8.48. The second-order valence-corrected chi connectivity index (χ2v) is 8.48. The smallest absolute Gasteiger partial charge is 0.266 e. The molecule has 4 rings (SSSR count). The van der Waals surface area contributed by atoms with Crippen LogP contribution in [0.2, 0.25) is 0 Å². The molecule has 0 bridgehead atoms. The van der Waals surface area contributed by atoms with Crippen LogP contribution in [0.5, 0.6) is 0 Å². The Balaban J connectivity index is 1.36. The average Bonchev–Trinajstić information content (AvgIpc) is 2.81. The molecule has 1 aliphatic rings. The van der Waals surface area contributed by atoms with Crippen LogP contribution in [0.4, 0.5) is 5.69 Å². The third kappa shape index (κ3) is 4.74. The zero-order chi connectivity index (χ0) is 22.7. The van der Waals surface area contributed by atoms with Crippen molar-refractivity contribution >= 4 is 11.6 Å². The van der Waals surface area contributed by atoms with Gasteiger partial charge in [0.25, 0.3) is 5.56 Å². The molecular formula is C26H30N4O2. The molecule has 166 valence electrons. The summed E-state index contributed by atoms with van der Waals surface area (Å²) in [5.41, 5.74) is 6.51. The highest BCUT2D eigenvalue weighted by Crippen LogP contribution is 2.24. The molecule has 1 aromatic heterocycles. The van der Waals surface area contributed by atoms with Gasteiger partial charge >= 0.3 is 0 Å². The first-order chi connectivity index (χ1) is 15.4. The monoisotopic (exact) mass is 430 g/mol. The number of aryl methyl sites for hydroxylation is 3. The first kappa shape index (κ1) is 21.8. The summed E-state index contributed by atoms with van der Waals surface area (Å²) in [7, 11) is 0. The van der Waals surface area contributed by atoms with Gasteiger partial charge in [-0.05, 0) is 44.0 Å². The molecule has 2 heterocycles. The molecular weight excluding hydrogens is 400 g/mol. The Bertz CT molecular complexity index is 1160. The fourth-order valence-corrected chi connectivity index (χ4v) is 4.12. The first-order valence-electron chi connectivity index (χ1n) is 11.2. The van der Waals surface area contributed by atoms with Gasteiger partial charge in [-0.3, -0.25) is 9.59 Å². The molecule has 1 aliphatic heterocycles. The van der Waals surface area contributed by atoms with E-state index in [0.717, 1.165) is 24.3 Å². The number of aromatic nitrogens is 2. The van der Waals surface area contributed by atoms with E-state index in [1.54, 1.807) is 6.07 Å². The maximum absolute atomic E-state index is 12.8. The minimum atomic E-state index is -0.187. The zero-order valence-electron chi connectivity index (χ0n) is 19.0. The lowest BCUT2D eigenvalue weighted by Crippen LogP contribution is -2.49. The van der Waals surface area contributed by atoms with E-state index in [2.05, 4.69) is 42.0 Å². The molecule has 0 spiro atoms. The lowest BCUT2D eigenvalue weighted by atomic mass is 10.1. The quantitative estimate of drug-likeness (QED) is 0.621. The van der Waals surface area contributed by atoms with Gasteiger partial charge in [-0.2, -0.15) is 5.10 Å². The van der Waals surface area contributed by atoms with Gasteiger partial charge < -0.3 is 9.80 Å². The van der Waals surface area contributed by atoms with E-state index in [-0.39, 0.29) is 24.4 Å². The molecule has 0 N–H and O–H groups in total. The van der Waals surface area contributed by atoms with E-state index in [1.165, 1.54) is 33.1 Å². The first-order valence-corrected chi connectivity index (χ1v) is 11.2. The lowest BCUT2D eigenvalue weighted by molar-refractivity contribution is -0.131. The van der Waals surface area contributed by atoms with Crippen molar-refractivity contribution in [1.29, 1.82) is 0 Å². The number of piperazine rings is 1. The molecule has 0 saturated carbocycles. The summed E-state index contributed by atoms with van der Waals surface area (Å²) in [5.74, 6) is 0.0695. The predicted octanol–water partition coefficient (Wildman–Crippen LogP) is 3.57. The SMILES string of the molecule is Cc1ccc(-c2ccc(=O)n(CCC(=O)N3CCN(c4cccc(C)c4C)CC3)n2)cc1. The maximum atomic E-state index is 12.8. The Hall–Kier alpha value is -3.41. The van der Waals surface area contributed by atoms with Crippen LogP contribution in [0.1, 0.15) is 23.1 Å². The Morgan fingerprint density at radius 1 is 0.906 bits per heavy atom. The van der Waals surface area contributed by atoms with E-state index < -0.39 is 0 Å². The summed E-state index contributed by atoms with van der Waals surface area (Å²) in [4.78, 5) is 29.3. The summed E-state index contributed by atoms with van der Waals surface area (Å²) in [6.07, 6.45) is 0.272. The Morgan fingerprint density at radius 2 is 1.62 bits per heavy atom. The largest absolute Gasteiger partial charge is 0.368 e. The Labute approximate surface area is 189 Å². The van der Waals surface area contributed by atoms with Gasteiger partial charge in [-0.25, -0.2) is 4.68 Å². The molecule has 6 nitrogen and oxygen atoms in total. The number of anilines is 1. The highest BCUT2D eigenvalue weighted by molar-refractivity contribution is 5.76. The van der Waals surface area contributed by atoms with Gasteiger partial charge in [0, 0.05) is 49.9 Å². The molecule has 0 atom stereocenters. The van der Waals surface area contributed by atoms with Crippen molar-refractivity contribution in [3.8, 4) is 11.3 Å². The summed E-state index contributed by atoms with van der Waals surface area (Å²) >= 11 is 0. The van der Waals surface area contributed by atoms with E-state index in [0.29, 0.717) is 13.1 Å². The van der Waals surface area contributed by atoms with Crippen LogP contribution in [-0.2, 0) is 11.3 Å². The Kier molecular flexibility index (Phi) is 6.40. The molecule has 1 amide bonds. The van der Waals surface area contributed by atoms with Gasteiger partial charge in [-0.1, -0.05) is 42.0 Å². The number of hydrogen-bond acceptors (Lipinski definition) is 4. The van der Waals surface area contributed by atoms with Crippen LogP contribution in [0.15, 0.2) is 59.4 Å². The van der Waals surface area contributed by atoms with Crippen LogP contribution in [0.3, 0.4) is 0 Å². The lowest BCUT2D eigenvalue weighted by Gasteiger charge is -2.37. The normalized spacial score (nSPS) is 14.0. The van der Waals surface area contributed by atoms with Crippen molar-refractivity contribution < 1.29 is 4.79 Å². The van der Waals surface area contributed by atoms with Crippen molar-refractivity contribution in [2.24, 2.45) is 0 Å².